The normalized spacial score (nSPS) is 20.5. The minimum absolute atomic E-state index is 0.230. The maximum atomic E-state index is 12.9. The van der Waals surface area contributed by atoms with E-state index < -0.39 is 23.1 Å². The molecule has 4 aliphatic carbocycles. The van der Waals surface area contributed by atoms with Gasteiger partial charge in [0.2, 0.25) is 23.1 Å². The molecule has 0 bridgehead atoms. The van der Waals surface area contributed by atoms with Crippen molar-refractivity contribution in [2.45, 2.75) is 38.5 Å². The molecule has 45 heavy (non-hydrogen) atoms. The van der Waals surface area contributed by atoms with Crippen molar-refractivity contribution in [2.75, 3.05) is 0 Å². The van der Waals surface area contributed by atoms with Crippen LogP contribution in [0.15, 0.2) is 60.7 Å². The van der Waals surface area contributed by atoms with Crippen molar-refractivity contribution in [1.82, 2.24) is 0 Å². The Morgan fingerprint density at radius 3 is 1.64 bits per heavy atom. The summed E-state index contributed by atoms with van der Waals surface area (Å²) in [6.45, 7) is 9.16. The van der Waals surface area contributed by atoms with Gasteiger partial charge in [-0.25, -0.2) is 0 Å². The number of fused-ring (bicyclic) bond motifs is 8. The molecule has 0 atom stereocenters. The van der Waals surface area contributed by atoms with Crippen LogP contribution in [0.2, 0.25) is 0 Å². The predicted molar refractivity (Wildman–Crippen MR) is 184 cm³/mol. The lowest BCUT2D eigenvalue weighted by Crippen LogP contribution is -2.16. The lowest BCUT2D eigenvalue weighted by Gasteiger charge is -2.24. The van der Waals surface area contributed by atoms with Crippen molar-refractivity contribution >= 4 is 101 Å². The zero-order chi connectivity index (χ0) is 31.2. The fraction of sp³-hybridized carbons (Fsp3) is 0.158. The molecular formula is C38H24O4S3. The Balaban J connectivity index is 1.14. The number of thiophene rings is 3. The molecule has 4 nitrogen and oxygen atoms in total. The van der Waals surface area contributed by atoms with Crippen molar-refractivity contribution in [3.63, 3.8) is 0 Å². The molecule has 0 spiro atoms. The monoisotopic (exact) mass is 640 g/mol. The number of hydrogen-bond acceptors (Lipinski definition) is 7. The molecule has 0 unspecified atom stereocenters. The zero-order valence-electron chi connectivity index (χ0n) is 24.8. The number of allylic oxidation sites excluding steroid dienone is 4. The number of carbonyl (C=O) groups excluding carboxylic acids is 4. The van der Waals surface area contributed by atoms with Gasteiger partial charge in [-0.2, -0.15) is 0 Å². The van der Waals surface area contributed by atoms with Gasteiger partial charge in [0.15, 0.2) is 0 Å². The van der Waals surface area contributed by atoms with Gasteiger partial charge in [0, 0.05) is 57.3 Å². The van der Waals surface area contributed by atoms with Gasteiger partial charge in [-0.15, -0.1) is 34.0 Å². The summed E-state index contributed by atoms with van der Waals surface area (Å²) in [5.74, 6) is -1.75. The lowest BCUT2D eigenvalue weighted by molar-refractivity contribution is -0.110. The quantitative estimate of drug-likeness (QED) is 0.143. The van der Waals surface area contributed by atoms with Crippen molar-refractivity contribution in [2.24, 2.45) is 0 Å². The topological polar surface area (TPSA) is 68.3 Å². The molecule has 0 saturated carbocycles. The van der Waals surface area contributed by atoms with E-state index in [1.165, 1.54) is 41.4 Å². The SMILES string of the molecule is CC1(C)C2=C(c3sc(/C=C4\C(=O)C(=O)c5ccccc54)cc31)C(C)(C)c1c2sc2cc(/C=C3\C(=O)C(=O)c4ccccc43)sc12. The third-order valence-corrected chi connectivity index (χ3v) is 13.3. The average Bonchev–Trinajstić information content (AvgIpc) is 3.84. The van der Waals surface area contributed by atoms with Crippen molar-refractivity contribution in [3.8, 4) is 0 Å². The second kappa shape index (κ2) is 8.69. The third kappa shape index (κ3) is 3.35. The molecule has 3 heterocycles. The second-order valence-electron chi connectivity index (χ2n) is 13.1. The summed E-state index contributed by atoms with van der Waals surface area (Å²) >= 11 is 5.20. The Hall–Kier alpha value is -4.30. The van der Waals surface area contributed by atoms with Crippen LogP contribution in [-0.2, 0) is 20.4 Å². The van der Waals surface area contributed by atoms with Crippen LogP contribution in [0, 0.1) is 0 Å². The van der Waals surface area contributed by atoms with E-state index in [0.29, 0.717) is 33.4 Å². The first kappa shape index (κ1) is 27.0. The van der Waals surface area contributed by atoms with E-state index in [-0.39, 0.29) is 10.8 Å². The molecule has 0 saturated heterocycles. The van der Waals surface area contributed by atoms with Crippen LogP contribution >= 0.6 is 34.0 Å². The molecule has 0 radical (unpaired) electrons. The van der Waals surface area contributed by atoms with Gasteiger partial charge >= 0.3 is 0 Å². The molecule has 218 valence electrons. The first-order valence-electron chi connectivity index (χ1n) is 14.8. The van der Waals surface area contributed by atoms with E-state index in [0.717, 1.165) is 9.75 Å². The molecule has 4 aliphatic rings. The highest BCUT2D eigenvalue weighted by atomic mass is 32.1. The van der Waals surface area contributed by atoms with E-state index >= 15 is 0 Å². The van der Waals surface area contributed by atoms with Crippen LogP contribution in [0.1, 0.15) is 90.2 Å². The minimum Gasteiger partial charge on any atom is -0.285 e. The summed E-state index contributed by atoms with van der Waals surface area (Å²) in [4.78, 5) is 55.6. The Morgan fingerprint density at radius 1 is 0.556 bits per heavy atom. The molecular weight excluding hydrogens is 617 g/mol. The van der Waals surface area contributed by atoms with E-state index in [1.54, 1.807) is 46.9 Å². The Bertz CT molecular complexity index is 2390. The van der Waals surface area contributed by atoms with Crippen LogP contribution < -0.4 is 0 Å². The number of ketones is 4. The molecule has 7 heteroatoms. The van der Waals surface area contributed by atoms with E-state index in [9.17, 15) is 19.2 Å². The van der Waals surface area contributed by atoms with Gasteiger partial charge in [0.05, 0.1) is 4.70 Å². The molecule has 0 amide bonds. The highest BCUT2D eigenvalue weighted by Crippen LogP contribution is 2.67. The summed E-state index contributed by atoms with van der Waals surface area (Å²) in [5, 5.41) is 0. The number of Topliss-reactive ketones (excluding diaryl/α,β-unsaturated/α-hetero) is 4. The molecule has 0 N–H and O–H groups in total. The van der Waals surface area contributed by atoms with Gasteiger partial charge in [-0.1, -0.05) is 76.2 Å². The Labute approximate surface area is 271 Å². The van der Waals surface area contributed by atoms with Gasteiger partial charge in [-0.3, -0.25) is 19.2 Å². The molecule has 0 fully saturated rings. The van der Waals surface area contributed by atoms with Crippen LogP contribution in [0.4, 0.5) is 0 Å². The van der Waals surface area contributed by atoms with Crippen molar-refractivity contribution in [1.29, 1.82) is 0 Å². The first-order chi connectivity index (χ1) is 21.5. The average molecular weight is 641 g/mol. The Kier molecular flexibility index (Phi) is 5.23. The standard InChI is InChI=1S/C38H24O4S3/c1-37(2)25-15-17(13-23-19-9-5-7-11-21(19)30(39)32(23)41)43-34(25)27-28(37)36-29(38(27,3)4)35-26(45-36)16-18(44-35)14-24-20-10-6-8-12-22(20)31(40)33(24)42/h5-16H,1-4H3/b23-13-,24-14-. The summed E-state index contributed by atoms with van der Waals surface area (Å²) < 4.78 is 2.43. The summed E-state index contributed by atoms with van der Waals surface area (Å²) in [7, 11) is 0. The number of carbonyl (C=O) groups is 4. The summed E-state index contributed by atoms with van der Waals surface area (Å²) in [6.07, 6.45) is 3.78. The van der Waals surface area contributed by atoms with Crippen LogP contribution in [-0.4, -0.2) is 23.1 Å². The van der Waals surface area contributed by atoms with Gasteiger partial charge < -0.3 is 0 Å². The minimum atomic E-state index is -0.441. The smallest absolute Gasteiger partial charge is 0.234 e. The zero-order valence-corrected chi connectivity index (χ0v) is 27.2. The third-order valence-electron chi connectivity index (χ3n) is 9.79. The highest BCUT2D eigenvalue weighted by Gasteiger charge is 2.53. The molecule has 9 rings (SSSR count). The Morgan fingerprint density at radius 2 is 1.07 bits per heavy atom. The predicted octanol–water partition coefficient (Wildman–Crippen LogP) is 9.13. The summed E-state index contributed by atoms with van der Waals surface area (Å²) in [5.41, 5.74) is 8.14. The van der Waals surface area contributed by atoms with Crippen LogP contribution in [0.25, 0.3) is 43.8 Å². The van der Waals surface area contributed by atoms with Gasteiger partial charge in [0.1, 0.15) is 0 Å². The van der Waals surface area contributed by atoms with Gasteiger partial charge in [-0.05, 0) is 57.7 Å². The van der Waals surface area contributed by atoms with Crippen molar-refractivity contribution in [3.05, 3.63) is 114 Å². The highest BCUT2D eigenvalue weighted by molar-refractivity contribution is 7.29. The maximum Gasteiger partial charge on any atom is 0.234 e. The molecule has 5 aromatic rings. The summed E-state index contributed by atoms with van der Waals surface area (Å²) in [6, 6.07) is 18.8. The largest absolute Gasteiger partial charge is 0.285 e. The maximum absolute atomic E-state index is 12.9. The first-order valence-corrected chi connectivity index (χ1v) is 17.2. The van der Waals surface area contributed by atoms with E-state index in [1.807, 2.05) is 47.8 Å². The van der Waals surface area contributed by atoms with Gasteiger partial charge in [0.25, 0.3) is 0 Å². The molecule has 3 aromatic heterocycles. The van der Waals surface area contributed by atoms with E-state index in [4.69, 9.17) is 0 Å². The number of benzene rings is 2. The molecule has 0 aliphatic heterocycles. The number of hydrogen-bond donors (Lipinski definition) is 0. The fourth-order valence-electron chi connectivity index (χ4n) is 7.67. The van der Waals surface area contributed by atoms with Crippen LogP contribution in [0.3, 0.4) is 0 Å². The van der Waals surface area contributed by atoms with E-state index in [2.05, 4.69) is 39.8 Å². The number of rotatable bonds is 2. The fourth-order valence-corrected chi connectivity index (χ4v) is 12.3. The van der Waals surface area contributed by atoms with Crippen molar-refractivity contribution < 1.29 is 19.2 Å². The second-order valence-corrected chi connectivity index (χ2v) is 16.3. The lowest BCUT2D eigenvalue weighted by atomic mass is 9.80. The molecule has 2 aromatic carbocycles. The van der Waals surface area contributed by atoms with Crippen LogP contribution in [0.5, 0.6) is 0 Å².